The van der Waals surface area contributed by atoms with Crippen LogP contribution in [-0.4, -0.2) is 12.0 Å². The molecule has 1 amide bonds. The first-order valence-corrected chi connectivity index (χ1v) is 8.69. The van der Waals surface area contributed by atoms with Crippen molar-refractivity contribution in [3.63, 3.8) is 0 Å². The Hall–Kier alpha value is -2.29. The molecule has 0 saturated heterocycles. The molecular weight excluding hydrogens is 298 g/mol. The van der Waals surface area contributed by atoms with E-state index in [1.54, 1.807) is 6.92 Å². The minimum Gasteiger partial charge on any atom is -0.481 e. The summed E-state index contributed by atoms with van der Waals surface area (Å²) in [6, 6.07) is 12.2. The van der Waals surface area contributed by atoms with Crippen LogP contribution in [0.15, 0.2) is 36.4 Å². The summed E-state index contributed by atoms with van der Waals surface area (Å²) >= 11 is 0. The molecule has 3 nitrogen and oxygen atoms in total. The van der Waals surface area contributed by atoms with Crippen LogP contribution in [0.25, 0.3) is 0 Å². The Bertz CT molecular complexity index is 751. The fourth-order valence-corrected chi connectivity index (χ4v) is 3.23. The predicted molar refractivity (Wildman–Crippen MR) is 97.7 cm³/mol. The van der Waals surface area contributed by atoms with Gasteiger partial charge in [0.15, 0.2) is 6.10 Å². The Morgan fingerprint density at radius 2 is 1.79 bits per heavy atom. The van der Waals surface area contributed by atoms with Gasteiger partial charge in [-0.05, 0) is 81.3 Å². The third-order valence-electron chi connectivity index (χ3n) is 4.64. The van der Waals surface area contributed by atoms with Gasteiger partial charge in [-0.3, -0.25) is 4.79 Å². The fourth-order valence-electron chi connectivity index (χ4n) is 3.23. The van der Waals surface area contributed by atoms with Gasteiger partial charge in [0.2, 0.25) is 0 Å². The van der Waals surface area contributed by atoms with Crippen molar-refractivity contribution >= 4 is 11.6 Å². The number of rotatable bonds is 4. The smallest absolute Gasteiger partial charge is 0.265 e. The average molecular weight is 323 g/mol. The lowest BCUT2D eigenvalue weighted by molar-refractivity contribution is -0.122. The van der Waals surface area contributed by atoms with Gasteiger partial charge in [-0.15, -0.1) is 0 Å². The molecule has 1 aliphatic rings. The van der Waals surface area contributed by atoms with E-state index in [9.17, 15) is 4.79 Å². The van der Waals surface area contributed by atoms with E-state index in [2.05, 4.69) is 23.5 Å². The highest BCUT2D eigenvalue weighted by molar-refractivity contribution is 5.94. The van der Waals surface area contributed by atoms with Crippen molar-refractivity contribution in [3.8, 4) is 5.75 Å². The molecule has 0 radical (unpaired) electrons. The van der Waals surface area contributed by atoms with Crippen LogP contribution < -0.4 is 10.1 Å². The van der Waals surface area contributed by atoms with E-state index in [0.717, 1.165) is 29.8 Å². The van der Waals surface area contributed by atoms with Crippen molar-refractivity contribution in [3.05, 3.63) is 58.7 Å². The Labute approximate surface area is 144 Å². The third-order valence-corrected chi connectivity index (χ3v) is 4.64. The summed E-state index contributed by atoms with van der Waals surface area (Å²) in [6.45, 7) is 5.83. The zero-order valence-electron chi connectivity index (χ0n) is 14.7. The van der Waals surface area contributed by atoms with Gasteiger partial charge in [0, 0.05) is 5.69 Å². The lowest BCUT2D eigenvalue weighted by Crippen LogP contribution is -2.30. The molecule has 0 fully saturated rings. The normalized spacial score (nSPS) is 14.6. The van der Waals surface area contributed by atoms with Crippen LogP contribution in [0.5, 0.6) is 5.75 Å². The zero-order valence-corrected chi connectivity index (χ0v) is 14.7. The zero-order chi connectivity index (χ0) is 17.1. The van der Waals surface area contributed by atoms with Crippen LogP contribution in [0.4, 0.5) is 5.69 Å². The maximum absolute atomic E-state index is 12.4. The van der Waals surface area contributed by atoms with Gasteiger partial charge in [0.25, 0.3) is 5.91 Å². The van der Waals surface area contributed by atoms with E-state index in [0.29, 0.717) is 0 Å². The van der Waals surface area contributed by atoms with Crippen LogP contribution in [0.2, 0.25) is 0 Å². The number of aryl methyl sites for hydroxylation is 4. The lowest BCUT2D eigenvalue weighted by Gasteiger charge is -2.19. The number of nitrogens with one attached hydrogen (secondary N) is 1. The van der Waals surface area contributed by atoms with Gasteiger partial charge >= 0.3 is 0 Å². The van der Waals surface area contributed by atoms with Crippen LogP contribution in [0, 0.1) is 13.8 Å². The van der Waals surface area contributed by atoms with Crippen molar-refractivity contribution in [2.75, 3.05) is 5.32 Å². The third kappa shape index (κ3) is 3.78. The highest BCUT2D eigenvalue weighted by Crippen LogP contribution is 2.26. The molecule has 0 spiro atoms. The minimum absolute atomic E-state index is 0.125. The molecule has 126 valence electrons. The molecule has 2 aromatic carbocycles. The quantitative estimate of drug-likeness (QED) is 0.894. The first-order valence-electron chi connectivity index (χ1n) is 8.69. The Morgan fingerprint density at radius 3 is 2.54 bits per heavy atom. The van der Waals surface area contributed by atoms with Crippen LogP contribution in [-0.2, 0) is 17.6 Å². The highest BCUT2D eigenvalue weighted by Gasteiger charge is 2.17. The van der Waals surface area contributed by atoms with Crippen LogP contribution in [0.3, 0.4) is 0 Å². The molecule has 1 aliphatic carbocycles. The second kappa shape index (κ2) is 7.08. The van der Waals surface area contributed by atoms with E-state index in [1.165, 1.54) is 29.5 Å². The molecular formula is C21H25NO2. The Kier molecular flexibility index (Phi) is 4.89. The maximum Gasteiger partial charge on any atom is 0.265 e. The molecule has 24 heavy (non-hydrogen) atoms. The largest absolute Gasteiger partial charge is 0.481 e. The highest BCUT2D eigenvalue weighted by atomic mass is 16.5. The Balaban J connectivity index is 1.65. The van der Waals surface area contributed by atoms with Crippen LogP contribution >= 0.6 is 0 Å². The number of carbonyl (C=O) groups is 1. The summed E-state index contributed by atoms with van der Waals surface area (Å²) in [6.07, 6.45) is 4.22. The molecule has 0 aliphatic heterocycles. The van der Waals surface area contributed by atoms with Crippen molar-refractivity contribution < 1.29 is 9.53 Å². The summed E-state index contributed by atoms with van der Waals surface area (Å²) < 4.78 is 5.87. The summed E-state index contributed by atoms with van der Waals surface area (Å²) in [4.78, 5) is 12.4. The van der Waals surface area contributed by atoms with Gasteiger partial charge in [0.05, 0.1) is 0 Å². The number of ether oxygens (including phenoxy) is 1. The van der Waals surface area contributed by atoms with Crippen molar-refractivity contribution in [2.24, 2.45) is 0 Å². The number of benzene rings is 2. The Morgan fingerprint density at radius 1 is 1.04 bits per heavy atom. The standard InChI is InChI=1S/C21H25NO2/c1-14-8-11-20(15(2)12-14)22-21(23)16(3)24-19-10-9-17-6-4-5-7-18(17)13-19/h8-13,16H,4-7H2,1-3H3,(H,22,23)/t16-/m0/s1. The lowest BCUT2D eigenvalue weighted by atomic mass is 9.92. The van der Waals surface area contributed by atoms with Gasteiger partial charge < -0.3 is 10.1 Å². The van der Waals surface area contributed by atoms with E-state index in [-0.39, 0.29) is 5.91 Å². The number of fused-ring (bicyclic) bond motifs is 1. The SMILES string of the molecule is Cc1ccc(NC(=O)[C@H](C)Oc2ccc3c(c2)CCCC3)c(C)c1. The van der Waals surface area contributed by atoms with Gasteiger partial charge in [-0.1, -0.05) is 23.8 Å². The van der Waals surface area contributed by atoms with Gasteiger partial charge in [-0.25, -0.2) is 0 Å². The van der Waals surface area contributed by atoms with E-state index in [4.69, 9.17) is 4.74 Å². The first-order chi connectivity index (χ1) is 11.5. The van der Waals surface area contributed by atoms with E-state index in [1.807, 2.05) is 32.0 Å². The molecule has 3 heteroatoms. The number of amides is 1. The molecule has 0 heterocycles. The molecule has 2 aromatic rings. The molecule has 0 aromatic heterocycles. The van der Waals surface area contributed by atoms with Crippen molar-refractivity contribution in [1.29, 1.82) is 0 Å². The topological polar surface area (TPSA) is 38.3 Å². The second-order valence-electron chi connectivity index (χ2n) is 6.71. The van der Waals surface area contributed by atoms with E-state index >= 15 is 0 Å². The summed E-state index contributed by atoms with van der Waals surface area (Å²) in [5, 5.41) is 2.96. The summed E-state index contributed by atoms with van der Waals surface area (Å²) in [7, 11) is 0. The first kappa shape index (κ1) is 16.6. The van der Waals surface area contributed by atoms with Crippen molar-refractivity contribution in [1.82, 2.24) is 0 Å². The van der Waals surface area contributed by atoms with Gasteiger partial charge in [0.1, 0.15) is 5.75 Å². The maximum atomic E-state index is 12.4. The predicted octanol–water partition coefficient (Wildman–Crippen LogP) is 4.59. The summed E-state index contributed by atoms with van der Waals surface area (Å²) in [5.41, 5.74) is 5.86. The molecule has 0 bridgehead atoms. The molecule has 1 N–H and O–H groups in total. The van der Waals surface area contributed by atoms with Crippen molar-refractivity contribution in [2.45, 2.75) is 52.6 Å². The number of hydrogen-bond acceptors (Lipinski definition) is 2. The molecule has 0 saturated carbocycles. The number of hydrogen-bond donors (Lipinski definition) is 1. The summed E-state index contributed by atoms with van der Waals surface area (Å²) in [5.74, 6) is 0.651. The molecule has 1 atom stereocenters. The fraction of sp³-hybridized carbons (Fsp3) is 0.381. The van der Waals surface area contributed by atoms with E-state index < -0.39 is 6.10 Å². The molecule has 3 rings (SSSR count). The average Bonchev–Trinajstić information content (AvgIpc) is 2.57. The van der Waals surface area contributed by atoms with Crippen LogP contribution in [0.1, 0.15) is 42.0 Å². The van der Waals surface area contributed by atoms with Gasteiger partial charge in [-0.2, -0.15) is 0 Å². The second-order valence-corrected chi connectivity index (χ2v) is 6.71. The minimum atomic E-state index is -0.535. The number of anilines is 1. The number of carbonyl (C=O) groups excluding carboxylic acids is 1. The monoisotopic (exact) mass is 323 g/mol. The molecule has 0 unspecified atom stereocenters.